The summed E-state index contributed by atoms with van der Waals surface area (Å²) < 4.78 is 6.92. The third-order valence-electron chi connectivity index (χ3n) is 2.14. The van der Waals surface area contributed by atoms with Crippen LogP contribution in [0.15, 0.2) is 12.4 Å². The van der Waals surface area contributed by atoms with Gasteiger partial charge in [-0.3, -0.25) is 9.48 Å². The van der Waals surface area contributed by atoms with Crippen molar-refractivity contribution in [1.29, 1.82) is 0 Å². The molecule has 16 heavy (non-hydrogen) atoms. The molecule has 0 aliphatic carbocycles. The molecule has 1 rings (SSSR count). The quantitative estimate of drug-likeness (QED) is 0.706. The maximum atomic E-state index is 11.0. The number of hydrogen-bond donors (Lipinski definition) is 2. The number of aromatic nitrogens is 2. The van der Waals surface area contributed by atoms with Crippen LogP contribution in [-0.4, -0.2) is 27.8 Å². The van der Waals surface area contributed by atoms with Crippen LogP contribution >= 0.6 is 0 Å². The van der Waals surface area contributed by atoms with E-state index in [1.54, 1.807) is 24.0 Å². The number of nitrogens with zero attached hydrogens (tertiary/aromatic N) is 2. The number of carbonyl (C=O) groups excluding carboxylic acids is 1. The Morgan fingerprint density at radius 2 is 2.38 bits per heavy atom. The molecule has 0 aromatic carbocycles. The predicted octanol–water partition coefficient (Wildman–Crippen LogP) is -0.125. The molecule has 1 aromatic rings. The van der Waals surface area contributed by atoms with Crippen molar-refractivity contribution in [2.45, 2.75) is 32.4 Å². The second kappa shape index (κ2) is 4.98. The zero-order chi connectivity index (χ0) is 12.2. The third kappa shape index (κ3) is 3.23. The highest BCUT2D eigenvalue weighted by Crippen LogP contribution is 2.11. The van der Waals surface area contributed by atoms with Crippen molar-refractivity contribution >= 4 is 5.91 Å². The third-order valence-corrected chi connectivity index (χ3v) is 2.14. The van der Waals surface area contributed by atoms with Crippen LogP contribution in [0.3, 0.4) is 0 Å². The Labute approximate surface area is 94.5 Å². The molecule has 0 spiro atoms. The summed E-state index contributed by atoms with van der Waals surface area (Å²) in [5.74, 6) is 0.112. The van der Waals surface area contributed by atoms with Crippen molar-refractivity contribution in [1.82, 2.24) is 9.78 Å². The number of nitrogens with two attached hydrogens (primary N) is 2. The van der Waals surface area contributed by atoms with Crippen LogP contribution in [0.4, 0.5) is 0 Å². The maximum Gasteiger partial charge on any atom is 0.239 e. The summed E-state index contributed by atoms with van der Waals surface area (Å²) in [6.45, 7) is 4.47. The van der Waals surface area contributed by atoms with Gasteiger partial charge in [-0.05, 0) is 13.3 Å². The lowest BCUT2D eigenvalue weighted by molar-refractivity contribution is -0.123. The molecule has 0 aliphatic heterocycles. The predicted molar refractivity (Wildman–Crippen MR) is 59.8 cm³/mol. The molecule has 6 heteroatoms. The van der Waals surface area contributed by atoms with Crippen molar-refractivity contribution < 1.29 is 9.53 Å². The average Bonchev–Trinajstić information content (AvgIpc) is 2.61. The number of ether oxygens (including phenoxy) is 1. The molecule has 1 heterocycles. The average molecular weight is 226 g/mol. The summed E-state index contributed by atoms with van der Waals surface area (Å²) in [5, 5.41) is 4.04. The van der Waals surface area contributed by atoms with E-state index < -0.39 is 11.4 Å². The van der Waals surface area contributed by atoms with Gasteiger partial charge in [0.1, 0.15) is 5.54 Å². The van der Waals surface area contributed by atoms with Crippen LogP contribution < -0.4 is 16.2 Å². The number of hydrogen-bond acceptors (Lipinski definition) is 4. The van der Waals surface area contributed by atoms with Gasteiger partial charge in [0.25, 0.3) is 0 Å². The Hall–Kier alpha value is -1.56. The molecule has 90 valence electrons. The zero-order valence-electron chi connectivity index (χ0n) is 9.64. The molecule has 1 atom stereocenters. The smallest absolute Gasteiger partial charge is 0.239 e. The molecule has 0 radical (unpaired) electrons. The Balaban J connectivity index is 2.61. The number of amides is 1. The van der Waals surface area contributed by atoms with E-state index in [1.165, 1.54) is 0 Å². The van der Waals surface area contributed by atoms with Gasteiger partial charge >= 0.3 is 0 Å². The lowest BCUT2D eigenvalue weighted by atomic mass is 10.0. The highest BCUT2D eigenvalue weighted by molar-refractivity contribution is 5.83. The van der Waals surface area contributed by atoms with E-state index >= 15 is 0 Å². The minimum atomic E-state index is -1.10. The molecule has 1 unspecified atom stereocenters. The molecule has 0 bridgehead atoms. The molecular weight excluding hydrogens is 208 g/mol. The number of primary amides is 1. The van der Waals surface area contributed by atoms with Crippen LogP contribution in [0.25, 0.3) is 0 Å². The summed E-state index contributed by atoms with van der Waals surface area (Å²) in [5.41, 5.74) is 9.79. The van der Waals surface area contributed by atoms with Crippen molar-refractivity contribution in [3.8, 4) is 5.75 Å². The summed E-state index contributed by atoms with van der Waals surface area (Å²) in [7, 11) is 0. The fraction of sp³-hybridized carbons (Fsp3) is 0.600. The van der Waals surface area contributed by atoms with E-state index in [9.17, 15) is 4.79 Å². The van der Waals surface area contributed by atoms with Gasteiger partial charge in [-0.2, -0.15) is 5.10 Å². The largest absolute Gasteiger partial charge is 0.490 e. The standard InChI is InChI=1S/C10H18N4O2/c1-3-4-16-8-5-13-14(6-8)7-10(2,12)9(11)15/h5-6H,3-4,7,12H2,1-2H3,(H2,11,15). The van der Waals surface area contributed by atoms with Gasteiger partial charge in [-0.15, -0.1) is 0 Å². The van der Waals surface area contributed by atoms with Gasteiger partial charge in [0, 0.05) is 0 Å². The Bertz CT molecular complexity index is 359. The van der Waals surface area contributed by atoms with E-state index in [2.05, 4.69) is 5.10 Å². The first-order chi connectivity index (χ1) is 7.45. The summed E-state index contributed by atoms with van der Waals surface area (Å²) in [6.07, 6.45) is 4.22. The fourth-order valence-corrected chi connectivity index (χ4v) is 1.14. The van der Waals surface area contributed by atoms with Crippen molar-refractivity contribution in [3.63, 3.8) is 0 Å². The summed E-state index contributed by atoms with van der Waals surface area (Å²) >= 11 is 0. The molecule has 1 aromatic heterocycles. The van der Waals surface area contributed by atoms with Crippen LogP contribution in [0, 0.1) is 0 Å². The Kier molecular flexibility index (Phi) is 3.89. The SMILES string of the molecule is CCCOc1cnn(CC(C)(N)C(N)=O)c1. The van der Waals surface area contributed by atoms with Gasteiger partial charge in [0.15, 0.2) is 5.75 Å². The monoisotopic (exact) mass is 226 g/mol. The van der Waals surface area contributed by atoms with E-state index in [-0.39, 0.29) is 6.54 Å². The minimum absolute atomic E-state index is 0.234. The van der Waals surface area contributed by atoms with Crippen molar-refractivity contribution in [2.75, 3.05) is 6.61 Å². The van der Waals surface area contributed by atoms with Crippen LogP contribution in [0.2, 0.25) is 0 Å². The van der Waals surface area contributed by atoms with Gasteiger partial charge in [-0.25, -0.2) is 0 Å². The molecule has 1 amide bonds. The number of carbonyl (C=O) groups is 1. The van der Waals surface area contributed by atoms with E-state index in [4.69, 9.17) is 16.2 Å². The first-order valence-electron chi connectivity index (χ1n) is 5.19. The fourth-order valence-electron chi connectivity index (χ4n) is 1.14. The van der Waals surface area contributed by atoms with Gasteiger partial charge in [0.2, 0.25) is 5.91 Å². The topological polar surface area (TPSA) is 96.2 Å². The van der Waals surface area contributed by atoms with E-state index in [0.29, 0.717) is 12.4 Å². The van der Waals surface area contributed by atoms with Gasteiger partial charge < -0.3 is 16.2 Å². The maximum absolute atomic E-state index is 11.0. The summed E-state index contributed by atoms with van der Waals surface area (Å²) in [6, 6.07) is 0. The first kappa shape index (κ1) is 12.5. The molecule has 0 fully saturated rings. The molecule has 6 nitrogen and oxygen atoms in total. The highest BCUT2D eigenvalue weighted by Gasteiger charge is 2.26. The zero-order valence-corrected chi connectivity index (χ0v) is 9.64. The highest BCUT2D eigenvalue weighted by atomic mass is 16.5. The molecule has 0 saturated heterocycles. The Morgan fingerprint density at radius 3 is 2.94 bits per heavy atom. The minimum Gasteiger partial charge on any atom is -0.490 e. The van der Waals surface area contributed by atoms with E-state index in [1.807, 2.05) is 6.92 Å². The summed E-state index contributed by atoms with van der Waals surface area (Å²) in [4.78, 5) is 11.0. The lowest BCUT2D eigenvalue weighted by Crippen LogP contribution is -2.52. The van der Waals surface area contributed by atoms with Crippen LogP contribution in [0.5, 0.6) is 5.75 Å². The van der Waals surface area contributed by atoms with Gasteiger partial charge in [0.05, 0.1) is 25.5 Å². The van der Waals surface area contributed by atoms with Crippen LogP contribution in [-0.2, 0) is 11.3 Å². The van der Waals surface area contributed by atoms with Gasteiger partial charge in [-0.1, -0.05) is 6.92 Å². The molecule has 4 N–H and O–H groups in total. The van der Waals surface area contributed by atoms with E-state index in [0.717, 1.165) is 6.42 Å². The Morgan fingerprint density at radius 1 is 1.69 bits per heavy atom. The van der Waals surface area contributed by atoms with Crippen molar-refractivity contribution in [2.24, 2.45) is 11.5 Å². The first-order valence-corrected chi connectivity index (χ1v) is 5.19. The second-order valence-corrected chi connectivity index (χ2v) is 4.00. The molecule has 0 aliphatic rings. The second-order valence-electron chi connectivity index (χ2n) is 4.00. The normalized spacial score (nSPS) is 14.4. The lowest BCUT2D eigenvalue weighted by Gasteiger charge is -2.19. The van der Waals surface area contributed by atoms with Crippen molar-refractivity contribution in [3.05, 3.63) is 12.4 Å². The molecular formula is C10H18N4O2. The van der Waals surface area contributed by atoms with Crippen LogP contribution in [0.1, 0.15) is 20.3 Å². The number of rotatable bonds is 6. The molecule has 0 saturated carbocycles.